The Kier molecular flexibility index (Phi) is 5.35. The summed E-state index contributed by atoms with van der Waals surface area (Å²) in [6.07, 6.45) is 4.01. The summed E-state index contributed by atoms with van der Waals surface area (Å²) in [5, 5.41) is 12.1. The quantitative estimate of drug-likeness (QED) is 0.503. The lowest BCUT2D eigenvalue weighted by Crippen LogP contribution is -2.11. The first-order valence-corrected chi connectivity index (χ1v) is 9.51. The molecule has 0 aliphatic rings. The number of benzene rings is 2. The van der Waals surface area contributed by atoms with Crippen molar-refractivity contribution < 1.29 is 4.79 Å². The molecule has 0 saturated heterocycles. The maximum Gasteiger partial charge on any atom is 0.224 e. The van der Waals surface area contributed by atoms with E-state index in [1.807, 2.05) is 77.3 Å². The normalized spacial score (nSPS) is 10.9. The van der Waals surface area contributed by atoms with E-state index < -0.39 is 0 Å². The molecule has 6 heteroatoms. The molecular formula is C22H19ClN4O. The fourth-order valence-electron chi connectivity index (χ4n) is 3.10. The molecule has 0 fully saturated rings. The Labute approximate surface area is 168 Å². The van der Waals surface area contributed by atoms with E-state index >= 15 is 0 Å². The summed E-state index contributed by atoms with van der Waals surface area (Å²) in [4.78, 5) is 12.3. The Bertz CT molecular complexity index is 1100. The van der Waals surface area contributed by atoms with Gasteiger partial charge in [0.1, 0.15) is 0 Å². The van der Waals surface area contributed by atoms with E-state index in [2.05, 4.69) is 15.5 Å². The van der Waals surface area contributed by atoms with E-state index in [0.29, 0.717) is 6.42 Å². The van der Waals surface area contributed by atoms with Crippen molar-refractivity contribution in [2.45, 2.75) is 19.3 Å². The van der Waals surface area contributed by atoms with Crippen LogP contribution in [0, 0.1) is 0 Å². The van der Waals surface area contributed by atoms with Crippen LogP contribution in [-0.2, 0) is 11.2 Å². The van der Waals surface area contributed by atoms with Crippen LogP contribution < -0.4 is 5.32 Å². The minimum Gasteiger partial charge on any atom is -0.326 e. The molecule has 0 bridgehead atoms. The number of carbonyl (C=O) groups is 1. The Balaban J connectivity index is 1.39. The van der Waals surface area contributed by atoms with Crippen molar-refractivity contribution in [2.75, 3.05) is 5.32 Å². The fraction of sp³-hybridized carbons (Fsp3) is 0.136. The third-order valence-corrected chi connectivity index (χ3v) is 4.75. The summed E-state index contributed by atoms with van der Waals surface area (Å²) in [5.41, 5.74) is 3.62. The number of aromatic nitrogens is 3. The number of amides is 1. The van der Waals surface area contributed by atoms with Crippen LogP contribution in [0.3, 0.4) is 0 Å². The van der Waals surface area contributed by atoms with E-state index in [4.69, 9.17) is 11.6 Å². The van der Waals surface area contributed by atoms with Gasteiger partial charge in [0.15, 0.2) is 11.5 Å². The van der Waals surface area contributed by atoms with Crippen molar-refractivity contribution >= 4 is 28.8 Å². The minimum absolute atomic E-state index is 0.00258. The van der Waals surface area contributed by atoms with Crippen molar-refractivity contribution in [1.29, 1.82) is 0 Å². The number of carbonyl (C=O) groups excluding carboxylic acids is 1. The number of hydrogen-bond donors (Lipinski definition) is 1. The van der Waals surface area contributed by atoms with Gasteiger partial charge in [-0.15, -0.1) is 10.2 Å². The van der Waals surface area contributed by atoms with Crippen LogP contribution in [0.15, 0.2) is 72.9 Å². The fourth-order valence-corrected chi connectivity index (χ4v) is 3.23. The molecule has 1 N–H and O–H groups in total. The van der Waals surface area contributed by atoms with Crippen LogP contribution in [0.25, 0.3) is 17.0 Å². The highest BCUT2D eigenvalue weighted by atomic mass is 35.5. The third kappa shape index (κ3) is 4.21. The molecule has 2 aromatic carbocycles. The van der Waals surface area contributed by atoms with Crippen molar-refractivity contribution in [3.8, 4) is 11.4 Å². The van der Waals surface area contributed by atoms with Gasteiger partial charge in [0.05, 0.1) is 0 Å². The Morgan fingerprint density at radius 3 is 2.71 bits per heavy atom. The molecule has 0 saturated carbocycles. The van der Waals surface area contributed by atoms with Gasteiger partial charge in [-0.25, -0.2) is 0 Å². The summed E-state index contributed by atoms with van der Waals surface area (Å²) in [6.45, 7) is 0. The van der Waals surface area contributed by atoms with Crippen LogP contribution in [0.5, 0.6) is 0 Å². The van der Waals surface area contributed by atoms with Crippen LogP contribution in [0.2, 0.25) is 5.02 Å². The van der Waals surface area contributed by atoms with E-state index in [1.54, 1.807) is 0 Å². The number of pyridine rings is 1. The molecule has 0 aliphatic heterocycles. The first kappa shape index (κ1) is 18.2. The molecule has 2 aromatic heterocycles. The van der Waals surface area contributed by atoms with Gasteiger partial charge in [0.2, 0.25) is 5.91 Å². The lowest BCUT2D eigenvalue weighted by molar-refractivity contribution is -0.116. The summed E-state index contributed by atoms with van der Waals surface area (Å²) in [7, 11) is 0. The smallest absolute Gasteiger partial charge is 0.224 e. The van der Waals surface area contributed by atoms with E-state index in [-0.39, 0.29) is 5.91 Å². The largest absolute Gasteiger partial charge is 0.326 e. The molecule has 4 rings (SSSR count). The second kappa shape index (κ2) is 8.23. The van der Waals surface area contributed by atoms with Crippen LogP contribution in [0.4, 0.5) is 5.69 Å². The van der Waals surface area contributed by atoms with Gasteiger partial charge in [0.25, 0.3) is 0 Å². The van der Waals surface area contributed by atoms with Crippen LogP contribution >= 0.6 is 11.6 Å². The molecule has 0 atom stereocenters. The number of fused-ring (bicyclic) bond motifs is 1. The zero-order valence-corrected chi connectivity index (χ0v) is 15.9. The zero-order valence-electron chi connectivity index (χ0n) is 15.2. The van der Waals surface area contributed by atoms with Gasteiger partial charge < -0.3 is 5.32 Å². The molecule has 140 valence electrons. The van der Waals surface area contributed by atoms with Crippen LogP contribution in [0.1, 0.15) is 18.4 Å². The van der Waals surface area contributed by atoms with Gasteiger partial charge in [-0.2, -0.15) is 0 Å². The number of rotatable bonds is 6. The van der Waals surface area contributed by atoms with E-state index in [0.717, 1.165) is 40.6 Å². The predicted octanol–water partition coefficient (Wildman–Crippen LogP) is 5.01. The Morgan fingerprint density at radius 1 is 1.00 bits per heavy atom. The minimum atomic E-state index is -0.00258. The first-order valence-electron chi connectivity index (χ1n) is 9.13. The lowest BCUT2D eigenvalue weighted by Gasteiger charge is -2.07. The van der Waals surface area contributed by atoms with E-state index in [1.165, 1.54) is 5.56 Å². The molecule has 0 spiro atoms. The molecule has 0 radical (unpaired) electrons. The van der Waals surface area contributed by atoms with Crippen molar-refractivity contribution in [2.24, 2.45) is 0 Å². The van der Waals surface area contributed by atoms with Crippen molar-refractivity contribution in [1.82, 2.24) is 14.6 Å². The second-order valence-corrected chi connectivity index (χ2v) is 7.00. The average molecular weight is 391 g/mol. The number of hydrogen-bond acceptors (Lipinski definition) is 3. The zero-order chi connectivity index (χ0) is 19.3. The monoisotopic (exact) mass is 390 g/mol. The van der Waals surface area contributed by atoms with Gasteiger partial charge in [-0.1, -0.05) is 41.9 Å². The SMILES string of the molecule is O=C(CCCc1ccc(Cl)cc1)Nc1cccc(-c2nnc3ccccn23)c1. The van der Waals surface area contributed by atoms with Gasteiger partial charge >= 0.3 is 0 Å². The van der Waals surface area contributed by atoms with Gasteiger partial charge in [0, 0.05) is 28.9 Å². The highest BCUT2D eigenvalue weighted by Gasteiger charge is 2.09. The summed E-state index contributed by atoms with van der Waals surface area (Å²) < 4.78 is 1.92. The lowest BCUT2D eigenvalue weighted by atomic mass is 10.1. The van der Waals surface area contributed by atoms with Crippen LogP contribution in [-0.4, -0.2) is 20.5 Å². The number of aryl methyl sites for hydroxylation is 1. The highest BCUT2D eigenvalue weighted by Crippen LogP contribution is 2.22. The van der Waals surface area contributed by atoms with Crippen molar-refractivity contribution in [3.63, 3.8) is 0 Å². The van der Waals surface area contributed by atoms with Gasteiger partial charge in [-0.05, 0) is 54.8 Å². The standard InChI is InChI=1S/C22H19ClN4O/c23-18-12-10-16(11-13-18)5-3-9-21(28)24-19-7-4-6-17(15-19)22-26-25-20-8-1-2-14-27(20)22/h1-2,4,6-8,10-15H,3,5,9H2,(H,24,28). The topological polar surface area (TPSA) is 59.3 Å². The maximum absolute atomic E-state index is 12.3. The second-order valence-electron chi connectivity index (χ2n) is 6.56. The number of nitrogens with one attached hydrogen (secondary N) is 1. The number of anilines is 1. The maximum atomic E-state index is 12.3. The average Bonchev–Trinajstić information content (AvgIpc) is 3.14. The molecule has 1 amide bonds. The van der Waals surface area contributed by atoms with Crippen molar-refractivity contribution in [3.05, 3.63) is 83.5 Å². The Morgan fingerprint density at radius 2 is 1.86 bits per heavy atom. The third-order valence-electron chi connectivity index (χ3n) is 4.50. The number of halogens is 1. The summed E-state index contributed by atoms with van der Waals surface area (Å²) in [6, 6.07) is 21.2. The number of nitrogens with zero attached hydrogens (tertiary/aromatic N) is 3. The molecular weight excluding hydrogens is 372 g/mol. The molecule has 28 heavy (non-hydrogen) atoms. The highest BCUT2D eigenvalue weighted by molar-refractivity contribution is 6.30. The first-order chi connectivity index (χ1) is 13.7. The molecule has 2 heterocycles. The molecule has 5 nitrogen and oxygen atoms in total. The Hall–Kier alpha value is -3.18. The molecule has 0 aliphatic carbocycles. The summed E-state index contributed by atoms with van der Waals surface area (Å²) in [5.74, 6) is 0.742. The van der Waals surface area contributed by atoms with E-state index in [9.17, 15) is 4.79 Å². The summed E-state index contributed by atoms with van der Waals surface area (Å²) >= 11 is 5.89. The molecule has 4 aromatic rings. The predicted molar refractivity (Wildman–Crippen MR) is 111 cm³/mol. The van der Waals surface area contributed by atoms with Gasteiger partial charge in [-0.3, -0.25) is 9.20 Å². The molecule has 0 unspecified atom stereocenters.